The number of amides is 1. The van der Waals surface area contributed by atoms with E-state index in [9.17, 15) is 9.59 Å². The summed E-state index contributed by atoms with van der Waals surface area (Å²) in [7, 11) is 0. The fourth-order valence-corrected chi connectivity index (χ4v) is 4.59. The van der Waals surface area contributed by atoms with E-state index in [4.69, 9.17) is 5.11 Å². The summed E-state index contributed by atoms with van der Waals surface area (Å²) in [6, 6.07) is 22.1. The predicted molar refractivity (Wildman–Crippen MR) is 141 cm³/mol. The van der Waals surface area contributed by atoms with Crippen LogP contribution < -0.4 is 10.6 Å². The average molecular weight is 477 g/mol. The molecule has 3 aromatic carbocycles. The van der Waals surface area contributed by atoms with E-state index < -0.39 is 5.97 Å². The molecule has 0 saturated heterocycles. The van der Waals surface area contributed by atoms with Crippen molar-refractivity contribution in [2.45, 2.75) is 51.0 Å². The number of thioether (sulfide) groups is 1. The monoisotopic (exact) mass is 476 g/mol. The molecule has 0 aliphatic heterocycles. The van der Waals surface area contributed by atoms with Gasteiger partial charge >= 0.3 is 5.97 Å². The smallest absolute Gasteiger partial charge is 0.303 e. The molecule has 178 valence electrons. The Morgan fingerprint density at radius 3 is 2.41 bits per heavy atom. The molecule has 0 radical (unpaired) electrons. The second-order valence-corrected chi connectivity index (χ2v) is 9.38. The Bertz CT molecular complexity index is 1110. The van der Waals surface area contributed by atoms with Crippen molar-refractivity contribution in [1.82, 2.24) is 0 Å². The van der Waals surface area contributed by atoms with E-state index >= 15 is 0 Å². The van der Waals surface area contributed by atoms with Crippen LogP contribution in [-0.4, -0.2) is 22.7 Å². The molecule has 6 heteroatoms. The number of rotatable bonds is 12. The maximum absolute atomic E-state index is 13.0. The topological polar surface area (TPSA) is 78.4 Å². The minimum absolute atomic E-state index is 0.144. The summed E-state index contributed by atoms with van der Waals surface area (Å²) in [5, 5.41) is 15.3. The lowest BCUT2D eigenvalue weighted by Crippen LogP contribution is -2.14. The van der Waals surface area contributed by atoms with E-state index in [1.165, 1.54) is 11.1 Å². The van der Waals surface area contributed by atoms with Crippen molar-refractivity contribution >= 4 is 35.0 Å². The van der Waals surface area contributed by atoms with Crippen molar-refractivity contribution in [3.8, 4) is 0 Å². The molecule has 0 unspecified atom stereocenters. The van der Waals surface area contributed by atoms with Gasteiger partial charge in [0.05, 0.1) is 5.69 Å². The third-order valence-electron chi connectivity index (χ3n) is 5.46. The first-order valence-corrected chi connectivity index (χ1v) is 12.6. The minimum atomic E-state index is -0.791. The van der Waals surface area contributed by atoms with Gasteiger partial charge in [0.2, 0.25) is 0 Å². The number of aliphatic carboxylic acids is 1. The van der Waals surface area contributed by atoms with Crippen LogP contribution >= 0.6 is 11.8 Å². The first-order valence-electron chi connectivity index (χ1n) is 11.6. The Morgan fingerprint density at radius 2 is 1.71 bits per heavy atom. The van der Waals surface area contributed by atoms with Crippen LogP contribution in [0.25, 0.3) is 0 Å². The normalized spacial score (nSPS) is 10.6. The Hall–Kier alpha value is -3.25. The highest BCUT2D eigenvalue weighted by atomic mass is 32.2. The maximum atomic E-state index is 13.0. The molecular formula is C28H32N2O3S. The highest BCUT2D eigenvalue weighted by molar-refractivity contribution is 7.99. The number of para-hydroxylation sites is 1. The number of carboxylic acid groups (broad SMARTS) is 1. The fourth-order valence-electron chi connectivity index (χ4n) is 3.64. The van der Waals surface area contributed by atoms with Gasteiger partial charge in [0, 0.05) is 29.1 Å². The van der Waals surface area contributed by atoms with Crippen LogP contribution in [0.4, 0.5) is 11.4 Å². The number of benzene rings is 3. The summed E-state index contributed by atoms with van der Waals surface area (Å²) in [6.45, 7) is 4.85. The SMILES string of the molecule is CCCc1ccc(CNc2ccc(C(=O)Nc3ccccc3SCCCC(=O)O)c(C)c2)cc1. The van der Waals surface area contributed by atoms with Gasteiger partial charge in [-0.3, -0.25) is 9.59 Å². The molecule has 0 atom stereocenters. The van der Waals surface area contributed by atoms with Gasteiger partial charge in [0.25, 0.3) is 5.91 Å². The standard InChI is InChI=1S/C28H32N2O3S/c1-3-7-21-11-13-22(14-12-21)19-29-23-15-16-24(20(2)18-23)28(33)30-25-8-4-5-9-26(25)34-17-6-10-27(31)32/h4-5,8-9,11-16,18,29H,3,6-7,10,17,19H2,1-2H3,(H,30,33)(H,31,32). The van der Waals surface area contributed by atoms with Crippen molar-refractivity contribution in [2.75, 3.05) is 16.4 Å². The van der Waals surface area contributed by atoms with Gasteiger partial charge in [-0.25, -0.2) is 0 Å². The number of anilines is 2. The molecule has 0 spiro atoms. The third-order valence-corrected chi connectivity index (χ3v) is 6.62. The van der Waals surface area contributed by atoms with Gasteiger partial charge in [-0.2, -0.15) is 0 Å². The van der Waals surface area contributed by atoms with Gasteiger partial charge in [-0.05, 0) is 72.5 Å². The molecule has 5 nitrogen and oxygen atoms in total. The highest BCUT2D eigenvalue weighted by Crippen LogP contribution is 2.28. The summed E-state index contributed by atoms with van der Waals surface area (Å²) < 4.78 is 0. The van der Waals surface area contributed by atoms with Crippen LogP contribution in [0.2, 0.25) is 0 Å². The molecule has 3 rings (SSSR count). The molecule has 0 aliphatic carbocycles. The van der Waals surface area contributed by atoms with Gasteiger partial charge in [0.1, 0.15) is 0 Å². The van der Waals surface area contributed by atoms with Gasteiger partial charge in [0.15, 0.2) is 0 Å². The zero-order valence-electron chi connectivity index (χ0n) is 19.8. The molecule has 1 amide bonds. The number of carbonyl (C=O) groups is 2. The predicted octanol–water partition coefficient (Wildman–Crippen LogP) is 6.77. The molecule has 0 heterocycles. The highest BCUT2D eigenvalue weighted by Gasteiger charge is 2.12. The van der Waals surface area contributed by atoms with Gasteiger partial charge in [-0.1, -0.05) is 49.7 Å². The summed E-state index contributed by atoms with van der Waals surface area (Å²) in [6.07, 6.45) is 2.97. The molecule has 0 bridgehead atoms. The van der Waals surface area contributed by atoms with E-state index in [1.54, 1.807) is 11.8 Å². The summed E-state index contributed by atoms with van der Waals surface area (Å²) in [5.41, 5.74) is 5.81. The molecule has 3 N–H and O–H groups in total. The number of hydrogen-bond donors (Lipinski definition) is 3. The number of aryl methyl sites for hydroxylation is 2. The van der Waals surface area contributed by atoms with Gasteiger partial charge < -0.3 is 15.7 Å². The number of carbonyl (C=O) groups excluding carboxylic acids is 1. The Kier molecular flexibility index (Phi) is 9.59. The Balaban J connectivity index is 1.59. The van der Waals surface area contributed by atoms with Crippen molar-refractivity contribution in [3.63, 3.8) is 0 Å². The zero-order chi connectivity index (χ0) is 24.3. The molecular weight excluding hydrogens is 444 g/mol. The van der Waals surface area contributed by atoms with Crippen molar-refractivity contribution in [2.24, 2.45) is 0 Å². The molecule has 0 aromatic heterocycles. The molecule has 0 aliphatic rings. The van der Waals surface area contributed by atoms with E-state index in [0.29, 0.717) is 17.7 Å². The molecule has 3 aromatic rings. The largest absolute Gasteiger partial charge is 0.481 e. The van der Waals surface area contributed by atoms with E-state index in [1.807, 2.05) is 49.4 Å². The number of hydrogen-bond acceptors (Lipinski definition) is 4. The summed E-state index contributed by atoms with van der Waals surface area (Å²) in [5.74, 6) is -0.269. The van der Waals surface area contributed by atoms with E-state index in [0.717, 1.165) is 41.2 Å². The van der Waals surface area contributed by atoms with E-state index in [2.05, 4.69) is 41.8 Å². The lowest BCUT2D eigenvalue weighted by atomic mass is 10.1. The fraction of sp³-hybridized carbons (Fsp3) is 0.286. The molecule has 0 fully saturated rings. The Labute approximate surface area is 206 Å². The zero-order valence-corrected chi connectivity index (χ0v) is 20.6. The first-order chi connectivity index (χ1) is 16.5. The lowest BCUT2D eigenvalue weighted by molar-refractivity contribution is -0.137. The number of nitrogens with one attached hydrogen (secondary N) is 2. The van der Waals surface area contributed by atoms with Gasteiger partial charge in [-0.15, -0.1) is 11.8 Å². The van der Waals surface area contributed by atoms with Crippen LogP contribution in [0.3, 0.4) is 0 Å². The van der Waals surface area contributed by atoms with Crippen LogP contribution in [-0.2, 0) is 17.8 Å². The van der Waals surface area contributed by atoms with Crippen LogP contribution in [0.15, 0.2) is 71.6 Å². The maximum Gasteiger partial charge on any atom is 0.303 e. The number of carboxylic acids is 1. The van der Waals surface area contributed by atoms with Crippen molar-refractivity contribution < 1.29 is 14.7 Å². The minimum Gasteiger partial charge on any atom is -0.481 e. The summed E-state index contributed by atoms with van der Waals surface area (Å²) in [4.78, 5) is 24.6. The van der Waals surface area contributed by atoms with Crippen molar-refractivity contribution in [3.05, 3.63) is 89.0 Å². The van der Waals surface area contributed by atoms with E-state index in [-0.39, 0.29) is 12.3 Å². The first kappa shape index (κ1) is 25.4. The van der Waals surface area contributed by atoms with Crippen LogP contribution in [0.5, 0.6) is 0 Å². The Morgan fingerprint density at radius 1 is 0.971 bits per heavy atom. The average Bonchev–Trinajstić information content (AvgIpc) is 2.82. The second kappa shape index (κ2) is 12.8. The van der Waals surface area contributed by atoms with Crippen LogP contribution in [0.1, 0.15) is 53.2 Å². The molecule has 34 heavy (non-hydrogen) atoms. The summed E-state index contributed by atoms with van der Waals surface area (Å²) >= 11 is 1.55. The third kappa shape index (κ3) is 7.66. The van der Waals surface area contributed by atoms with Crippen LogP contribution in [0, 0.1) is 6.92 Å². The lowest BCUT2D eigenvalue weighted by Gasteiger charge is -2.13. The van der Waals surface area contributed by atoms with Crippen molar-refractivity contribution in [1.29, 1.82) is 0 Å². The molecule has 0 saturated carbocycles. The second-order valence-electron chi connectivity index (χ2n) is 8.25. The quantitative estimate of drug-likeness (QED) is 0.199.